The van der Waals surface area contributed by atoms with Crippen molar-refractivity contribution in [1.82, 2.24) is 14.7 Å². The van der Waals surface area contributed by atoms with Crippen LogP contribution in [0.25, 0.3) is 0 Å². The number of ether oxygens (including phenoxy) is 2. The summed E-state index contributed by atoms with van der Waals surface area (Å²) in [5, 5.41) is 4.19. The Morgan fingerprint density at radius 2 is 2.35 bits per heavy atom. The van der Waals surface area contributed by atoms with Crippen molar-refractivity contribution in [3.63, 3.8) is 0 Å². The SMILES string of the molecule is CC(C)(C)OC(=O)N1CCO[C@@H](Cn2cc(Br)cn2)C1. The van der Waals surface area contributed by atoms with Gasteiger partial charge in [-0.2, -0.15) is 5.10 Å². The minimum Gasteiger partial charge on any atom is -0.444 e. The zero-order valence-corrected chi connectivity index (χ0v) is 13.6. The molecular weight excluding hydrogens is 326 g/mol. The third-order valence-electron chi connectivity index (χ3n) is 2.78. The first-order chi connectivity index (χ1) is 9.33. The lowest BCUT2D eigenvalue weighted by molar-refractivity contribution is -0.0483. The van der Waals surface area contributed by atoms with E-state index in [0.29, 0.717) is 26.2 Å². The van der Waals surface area contributed by atoms with Crippen LogP contribution in [-0.4, -0.2) is 52.2 Å². The highest BCUT2D eigenvalue weighted by Gasteiger charge is 2.28. The number of amides is 1. The summed E-state index contributed by atoms with van der Waals surface area (Å²) < 4.78 is 13.8. The minimum absolute atomic E-state index is 0.0666. The predicted octanol–water partition coefficient (Wildman–Crippen LogP) is 2.28. The number of carbonyl (C=O) groups excluding carboxylic acids is 1. The van der Waals surface area contributed by atoms with Gasteiger partial charge in [0.25, 0.3) is 0 Å². The molecule has 6 nitrogen and oxygen atoms in total. The summed E-state index contributed by atoms with van der Waals surface area (Å²) in [5.74, 6) is 0. The number of hydrogen-bond acceptors (Lipinski definition) is 4. The lowest BCUT2D eigenvalue weighted by atomic mass is 10.2. The average molecular weight is 346 g/mol. The molecule has 1 amide bonds. The first-order valence-corrected chi connectivity index (χ1v) is 7.40. The van der Waals surface area contributed by atoms with Gasteiger partial charge in [0.05, 0.1) is 36.5 Å². The van der Waals surface area contributed by atoms with Crippen molar-refractivity contribution in [2.45, 2.75) is 39.0 Å². The summed E-state index contributed by atoms with van der Waals surface area (Å²) in [7, 11) is 0. The van der Waals surface area contributed by atoms with Crippen molar-refractivity contribution >= 4 is 22.0 Å². The maximum absolute atomic E-state index is 12.0. The van der Waals surface area contributed by atoms with Crippen molar-refractivity contribution < 1.29 is 14.3 Å². The molecule has 1 aromatic heterocycles. The standard InChI is InChI=1S/C13H20BrN3O3/c1-13(2,3)20-12(18)16-4-5-19-11(8-16)9-17-7-10(14)6-15-17/h6-7,11H,4-5,8-9H2,1-3H3/t11-/m1/s1. The van der Waals surface area contributed by atoms with Crippen LogP contribution in [-0.2, 0) is 16.0 Å². The van der Waals surface area contributed by atoms with Crippen LogP contribution in [0.1, 0.15) is 20.8 Å². The summed E-state index contributed by atoms with van der Waals surface area (Å²) in [6.45, 7) is 7.82. The molecule has 1 aromatic rings. The summed E-state index contributed by atoms with van der Waals surface area (Å²) >= 11 is 3.36. The average Bonchev–Trinajstić information content (AvgIpc) is 2.73. The van der Waals surface area contributed by atoms with Crippen LogP contribution in [0.3, 0.4) is 0 Å². The van der Waals surface area contributed by atoms with E-state index in [1.165, 1.54) is 0 Å². The van der Waals surface area contributed by atoms with E-state index in [-0.39, 0.29) is 12.2 Å². The van der Waals surface area contributed by atoms with E-state index in [4.69, 9.17) is 9.47 Å². The molecule has 2 heterocycles. The Morgan fingerprint density at radius 1 is 1.60 bits per heavy atom. The van der Waals surface area contributed by atoms with Crippen LogP contribution in [0.5, 0.6) is 0 Å². The number of carbonyl (C=O) groups is 1. The van der Waals surface area contributed by atoms with Crippen molar-refractivity contribution in [1.29, 1.82) is 0 Å². The number of rotatable bonds is 2. The van der Waals surface area contributed by atoms with Gasteiger partial charge in [0, 0.05) is 12.7 Å². The molecule has 0 N–H and O–H groups in total. The Bertz CT molecular complexity index is 470. The van der Waals surface area contributed by atoms with Crippen LogP contribution >= 0.6 is 15.9 Å². The van der Waals surface area contributed by atoms with Gasteiger partial charge in [0.1, 0.15) is 5.60 Å². The lowest BCUT2D eigenvalue weighted by Gasteiger charge is -2.34. The van der Waals surface area contributed by atoms with Crippen LogP contribution in [0, 0.1) is 0 Å². The summed E-state index contributed by atoms with van der Waals surface area (Å²) in [6, 6.07) is 0. The van der Waals surface area contributed by atoms with E-state index in [0.717, 1.165) is 4.47 Å². The van der Waals surface area contributed by atoms with Gasteiger partial charge >= 0.3 is 6.09 Å². The van der Waals surface area contributed by atoms with Crippen molar-refractivity contribution in [3.8, 4) is 0 Å². The van der Waals surface area contributed by atoms with Crippen LogP contribution in [0.2, 0.25) is 0 Å². The van der Waals surface area contributed by atoms with Crippen molar-refractivity contribution in [3.05, 3.63) is 16.9 Å². The number of aromatic nitrogens is 2. The van der Waals surface area contributed by atoms with Crippen molar-refractivity contribution in [2.75, 3.05) is 19.7 Å². The zero-order chi connectivity index (χ0) is 14.8. The number of nitrogens with zero attached hydrogens (tertiary/aromatic N) is 3. The fourth-order valence-electron chi connectivity index (χ4n) is 1.97. The molecule has 1 atom stereocenters. The molecule has 112 valence electrons. The van der Waals surface area contributed by atoms with Gasteiger partial charge in [-0.25, -0.2) is 4.79 Å². The van der Waals surface area contributed by atoms with Gasteiger partial charge in [-0.05, 0) is 36.7 Å². The topological polar surface area (TPSA) is 56.6 Å². The third-order valence-corrected chi connectivity index (χ3v) is 3.19. The molecule has 0 spiro atoms. The Balaban J connectivity index is 1.90. The molecular formula is C13H20BrN3O3. The molecule has 1 saturated heterocycles. The predicted molar refractivity (Wildman–Crippen MR) is 77.5 cm³/mol. The van der Waals surface area contributed by atoms with Gasteiger partial charge in [-0.3, -0.25) is 4.68 Å². The molecule has 0 bridgehead atoms. The highest BCUT2D eigenvalue weighted by Crippen LogP contribution is 2.14. The number of halogens is 1. The van der Waals surface area contributed by atoms with Gasteiger partial charge < -0.3 is 14.4 Å². The van der Waals surface area contributed by atoms with Crippen LogP contribution in [0.4, 0.5) is 4.79 Å². The third kappa shape index (κ3) is 4.49. The Hall–Kier alpha value is -1.08. The van der Waals surface area contributed by atoms with E-state index in [9.17, 15) is 4.79 Å². The van der Waals surface area contributed by atoms with Gasteiger partial charge in [0.15, 0.2) is 0 Å². The Kier molecular flexibility index (Phi) is 4.70. The van der Waals surface area contributed by atoms with E-state index in [1.54, 1.807) is 15.8 Å². The molecule has 0 radical (unpaired) electrons. The maximum atomic E-state index is 12.0. The van der Waals surface area contributed by atoms with Gasteiger partial charge in [-0.1, -0.05) is 0 Å². The normalized spacial score (nSPS) is 20.0. The second kappa shape index (κ2) is 6.13. The van der Waals surface area contributed by atoms with Gasteiger partial charge in [-0.15, -0.1) is 0 Å². The highest BCUT2D eigenvalue weighted by atomic mass is 79.9. The molecule has 0 saturated carbocycles. The van der Waals surface area contributed by atoms with E-state index in [2.05, 4.69) is 21.0 Å². The van der Waals surface area contributed by atoms with Gasteiger partial charge in [0.2, 0.25) is 0 Å². The quantitative estimate of drug-likeness (QED) is 0.825. The summed E-state index contributed by atoms with van der Waals surface area (Å²) in [4.78, 5) is 13.7. The molecule has 20 heavy (non-hydrogen) atoms. The first-order valence-electron chi connectivity index (χ1n) is 6.61. The van der Waals surface area contributed by atoms with Crippen molar-refractivity contribution in [2.24, 2.45) is 0 Å². The largest absolute Gasteiger partial charge is 0.444 e. The molecule has 1 fully saturated rings. The minimum atomic E-state index is -0.474. The summed E-state index contributed by atoms with van der Waals surface area (Å²) in [5.41, 5.74) is -0.474. The first kappa shape index (κ1) is 15.3. The molecule has 2 rings (SSSR count). The Labute approximate surface area is 127 Å². The lowest BCUT2D eigenvalue weighted by Crippen LogP contribution is -2.48. The molecule has 0 unspecified atom stereocenters. The monoisotopic (exact) mass is 345 g/mol. The molecule has 0 aliphatic carbocycles. The van der Waals surface area contributed by atoms with E-state index >= 15 is 0 Å². The number of morpholine rings is 1. The molecule has 0 aromatic carbocycles. The van der Waals surface area contributed by atoms with Crippen LogP contribution < -0.4 is 0 Å². The second-order valence-electron chi connectivity index (χ2n) is 5.80. The number of hydrogen-bond donors (Lipinski definition) is 0. The van der Waals surface area contributed by atoms with E-state index < -0.39 is 5.60 Å². The smallest absolute Gasteiger partial charge is 0.410 e. The maximum Gasteiger partial charge on any atom is 0.410 e. The molecule has 1 aliphatic heterocycles. The molecule has 1 aliphatic rings. The second-order valence-corrected chi connectivity index (χ2v) is 6.72. The van der Waals surface area contributed by atoms with E-state index in [1.807, 2.05) is 27.0 Å². The molecule has 7 heteroatoms. The van der Waals surface area contributed by atoms with Crippen LogP contribution in [0.15, 0.2) is 16.9 Å². The summed E-state index contributed by atoms with van der Waals surface area (Å²) in [6.07, 6.45) is 3.26. The Morgan fingerprint density at radius 3 is 2.95 bits per heavy atom. The zero-order valence-electron chi connectivity index (χ0n) is 12.0. The fraction of sp³-hybridized carbons (Fsp3) is 0.692. The highest BCUT2D eigenvalue weighted by molar-refractivity contribution is 9.10. The fourth-order valence-corrected chi connectivity index (χ4v) is 2.30.